The summed E-state index contributed by atoms with van der Waals surface area (Å²) >= 11 is 0. The van der Waals surface area contributed by atoms with Crippen LogP contribution in [0.1, 0.15) is 19.8 Å². The van der Waals surface area contributed by atoms with Gasteiger partial charge in [0.05, 0.1) is 4.92 Å². The Morgan fingerprint density at radius 1 is 1.53 bits per heavy atom. The van der Waals surface area contributed by atoms with E-state index in [4.69, 9.17) is 4.74 Å². The van der Waals surface area contributed by atoms with Gasteiger partial charge in [0.25, 0.3) is 5.91 Å². The van der Waals surface area contributed by atoms with Crippen LogP contribution in [0.25, 0.3) is 0 Å². The summed E-state index contributed by atoms with van der Waals surface area (Å²) in [6.45, 7) is 1.75. The lowest BCUT2D eigenvalue weighted by Crippen LogP contribution is -2.37. The molecule has 1 atom stereocenters. The third-order valence-corrected chi connectivity index (χ3v) is 3.14. The number of hydrogen-bond donors (Lipinski definition) is 1. The number of ether oxygens (including phenoxy) is 1. The SMILES string of the molecule is C[C@H](NC(=O)COc1ccccc1[N+](=O)[O-])C1CC1. The van der Waals surface area contributed by atoms with Crippen LogP contribution in [0.3, 0.4) is 0 Å². The molecular formula is C13H16N2O4. The lowest BCUT2D eigenvalue weighted by molar-refractivity contribution is -0.385. The first-order valence-corrected chi connectivity index (χ1v) is 6.23. The van der Waals surface area contributed by atoms with Gasteiger partial charge in [-0.15, -0.1) is 0 Å². The number of carbonyl (C=O) groups excluding carboxylic acids is 1. The minimum absolute atomic E-state index is 0.113. The van der Waals surface area contributed by atoms with Crippen molar-refractivity contribution < 1.29 is 14.5 Å². The third-order valence-electron chi connectivity index (χ3n) is 3.14. The quantitative estimate of drug-likeness (QED) is 0.628. The van der Waals surface area contributed by atoms with Crippen LogP contribution in [0, 0.1) is 16.0 Å². The molecule has 0 heterocycles. The zero-order valence-corrected chi connectivity index (χ0v) is 10.7. The molecule has 1 aliphatic carbocycles. The molecule has 1 amide bonds. The lowest BCUT2D eigenvalue weighted by Gasteiger charge is -2.13. The topological polar surface area (TPSA) is 81.5 Å². The molecule has 19 heavy (non-hydrogen) atoms. The average Bonchev–Trinajstić information content (AvgIpc) is 3.20. The van der Waals surface area contributed by atoms with Gasteiger partial charge < -0.3 is 10.1 Å². The molecule has 0 saturated heterocycles. The first kappa shape index (κ1) is 13.3. The molecule has 1 saturated carbocycles. The summed E-state index contributed by atoms with van der Waals surface area (Å²) in [5.41, 5.74) is -0.134. The third kappa shape index (κ3) is 3.67. The van der Waals surface area contributed by atoms with Crippen molar-refractivity contribution in [1.29, 1.82) is 0 Å². The number of carbonyl (C=O) groups is 1. The summed E-state index contributed by atoms with van der Waals surface area (Å²) in [4.78, 5) is 21.9. The van der Waals surface area contributed by atoms with Gasteiger partial charge in [0.2, 0.25) is 0 Å². The van der Waals surface area contributed by atoms with E-state index in [2.05, 4.69) is 5.32 Å². The van der Waals surface area contributed by atoms with E-state index in [1.807, 2.05) is 6.92 Å². The van der Waals surface area contributed by atoms with Crippen LogP contribution in [0.5, 0.6) is 5.75 Å². The van der Waals surface area contributed by atoms with Crippen molar-refractivity contribution in [2.45, 2.75) is 25.8 Å². The van der Waals surface area contributed by atoms with E-state index < -0.39 is 4.92 Å². The Hall–Kier alpha value is -2.11. The number of nitrogens with zero attached hydrogens (tertiary/aromatic N) is 1. The highest BCUT2D eigenvalue weighted by Gasteiger charge is 2.29. The molecule has 0 aromatic heterocycles. The predicted octanol–water partition coefficient (Wildman–Crippen LogP) is 1.89. The van der Waals surface area contributed by atoms with Crippen LogP contribution < -0.4 is 10.1 Å². The molecule has 102 valence electrons. The summed E-state index contributed by atoms with van der Waals surface area (Å²) in [6.07, 6.45) is 2.29. The fourth-order valence-electron chi connectivity index (χ4n) is 1.88. The molecule has 1 aromatic carbocycles. The number of amides is 1. The van der Waals surface area contributed by atoms with Crippen molar-refractivity contribution in [2.75, 3.05) is 6.61 Å². The van der Waals surface area contributed by atoms with Gasteiger partial charge in [-0.25, -0.2) is 0 Å². The zero-order valence-electron chi connectivity index (χ0n) is 10.7. The normalized spacial score (nSPS) is 15.6. The smallest absolute Gasteiger partial charge is 0.310 e. The van der Waals surface area contributed by atoms with E-state index in [1.165, 1.54) is 12.1 Å². The maximum absolute atomic E-state index is 11.6. The molecule has 1 fully saturated rings. The van der Waals surface area contributed by atoms with E-state index in [1.54, 1.807) is 12.1 Å². The monoisotopic (exact) mass is 264 g/mol. The highest BCUT2D eigenvalue weighted by molar-refractivity contribution is 5.78. The zero-order chi connectivity index (χ0) is 13.8. The number of nitro benzene ring substituents is 1. The molecule has 1 aliphatic rings. The molecule has 0 bridgehead atoms. The van der Waals surface area contributed by atoms with Gasteiger partial charge >= 0.3 is 5.69 Å². The Bertz CT molecular complexity index is 485. The molecular weight excluding hydrogens is 248 g/mol. The maximum atomic E-state index is 11.6. The standard InChI is InChI=1S/C13H16N2O4/c1-9(10-6-7-10)14-13(16)8-19-12-5-3-2-4-11(12)15(17)18/h2-5,9-10H,6-8H2,1H3,(H,14,16)/t9-/m0/s1. The molecule has 6 heteroatoms. The Morgan fingerprint density at radius 3 is 2.84 bits per heavy atom. The van der Waals surface area contributed by atoms with Crippen LogP contribution in [0.2, 0.25) is 0 Å². The summed E-state index contributed by atoms with van der Waals surface area (Å²) < 4.78 is 5.21. The number of benzene rings is 1. The summed E-state index contributed by atoms with van der Waals surface area (Å²) in [7, 11) is 0. The Balaban J connectivity index is 1.87. The van der Waals surface area contributed by atoms with Crippen LogP contribution in [-0.2, 0) is 4.79 Å². The van der Waals surface area contributed by atoms with Crippen molar-refractivity contribution in [1.82, 2.24) is 5.32 Å². The molecule has 0 radical (unpaired) electrons. The summed E-state index contributed by atoms with van der Waals surface area (Å²) in [5, 5.41) is 13.6. The molecule has 6 nitrogen and oxygen atoms in total. The second-order valence-corrected chi connectivity index (χ2v) is 4.71. The summed E-state index contributed by atoms with van der Waals surface area (Å²) in [6, 6.07) is 6.16. The minimum Gasteiger partial charge on any atom is -0.477 e. The van der Waals surface area contributed by atoms with Crippen molar-refractivity contribution in [3.63, 3.8) is 0 Å². The van der Waals surface area contributed by atoms with Gasteiger partial charge in [-0.1, -0.05) is 12.1 Å². The van der Waals surface area contributed by atoms with Crippen LogP contribution in [-0.4, -0.2) is 23.5 Å². The highest BCUT2D eigenvalue weighted by atomic mass is 16.6. The van der Waals surface area contributed by atoms with Crippen LogP contribution in [0.4, 0.5) is 5.69 Å². The second-order valence-electron chi connectivity index (χ2n) is 4.71. The van der Waals surface area contributed by atoms with Gasteiger partial charge in [0.1, 0.15) is 0 Å². The molecule has 0 spiro atoms. The first-order chi connectivity index (χ1) is 9.08. The van der Waals surface area contributed by atoms with Crippen molar-refractivity contribution in [3.8, 4) is 5.75 Å². The molecule has 1 N–H and O–H groups in total. The Kier molecular flexibility index (Phi) is 3.99. The van der Waals surface area contributed by atoms with Crippen LogP contribution >= 0.6 is 0 Å². The molecule has 0 unspecified atom stereocenters. The molecule has 1 aromatic rings. The minimum atomic E-state index is -0.528. The van der Waals surface area contributed by atoms with E-state index >= 15 is 0 Å². The van der Waals surface area contributed by atoms with Gasteiger partial charge in [-0.3, -0.25) is 14.9 Å². The number of para-hydroxylation sites is 2. The Morgan fingerprint density at radius 2 is 2.21 bits per heavy atom. The maximum Gasteiger partial charge on any atom is 0.310 e. The number of rotatable bonds is 6. The van der Waals surface area contributed by atoms with Gasteiger partial charge in [0, 0.05) is 12.1 Å². The van der Waals surface area contributed by atoms with E-state index in [9.17, 15) is 14.9 Å². The first-order valence-electron chi connectivity index (χ1n) is 6.23. The van der Waals surface area contributed by atoms with E-state index in [-0.39, 0.29) is 30.0 Å². The fourth-order valence-corrected chi connectivity index (χ4v) is 1.88. The van der Waals surface area contributed by atoms with Crippen molar-refractivity contribution >= 4 is 11.6 Å². The van der Waals surface area contributed by atoms with Gasteiger partial charge in [-0.05, 0) is 31.7 Å². The number of nitro groups is 1. The molecule has 0 aliphatic heterocycles. The van der Waals surface area contributed by atoms with Gasteiger partial charge in [-0.2, -0.15) is 0 Å². The fraction of sp³-hybridized carbons (Fsp3) is 0.462. The number of nitrogens with one attached hydrogen (secondary N) is 1. The Labute approximate surface area is 110 Å². The number of hydrogen-bond acceptors (Lipinski definition) is 4. The van der Waals surface area contributed by atoms with Crippen LogP contribution in [0.15, 0.2) is 24.3 Å². The van der Waals surface area contributed by atoms with E-state index in [0.29, 0.717) is 5.92 Å². The van der Waals surface area contributed by atoms with Crippen molar-refractivity contribution in [3.05, 3.63) is 34.4 Å². The largest absolute Gasteiger partial charge is 0.477 e. The second kappa shape index (κ2) is 5.69. The van der Waals surface area contributed by atoms with Gasteiger partial charge in [0.15, 0.2) is 12.4 Å². The predicted molar refractivity (Wildman–Crippen MR) is 68.9 cm³/mol. The van der Waals surface area contributed by atoms with Crippen molar-refractivity contribution in [2.24, 2.45) is 5.92 Å². The van der Waals surface area contributed by atoms with E-state index in [0.717, 1.165) is 12.8 Å². The lowest BCUT2D eigenvalue weighted by atomic mass is 10.2. The highest BCUT2D eigenvalue weighted by Crippen LogP contribution is 2.32. The molecule has 2 rings (SSSR count). The summed E-state index contributed by atoms with van der Waals surface area (Å²) in [5.74, 6) is 0.425. The average molecular weight is 264 g/mol.